The van der Waals surface area contributed by atoms with Gasteiger partial charge in [-0.15, -0.1) is 0 Å². The van der Waals surface area contributed by atoms with Gasteiger partial charge in [-0.2, -0.15) is 5.10 Å². The second-order valence-electron chi connectivity index (χ2n) is 5.00. The summed E-state index contributed by atoms with van der Waals surface area (Å²) in [6, 6.07) is 9.71. The number of ether oxygens (including phenoxy) is 1. The van der Waals surface area contributed by atoms with Gasteiger partial charge in [0, 0.05) is 24.6 Å². The van der Waals surface area contributed by atoms with Crippen LogP contribution in [0.15, 0.2) is 41.5 Å². The van der Waals surface area contributed by atoms with Crippen molar-refractivity contribution in [3.05, 3.63) is 51.4 Å². The van der Waals surface area contributed by atoms with Gasteiger partial charge in [0.2, 0.25) is 11.8 Å². The van der Waals surface area contributed by atoms with E-state index in [0.717, 1.165) is 11.3 Å². The number of methoxy groups -OCH3 is 1. The fourth-order valence-corrected chi connectivity index (χ4v) is 2.55. The molecule has 0 saturated carbocycles. The average molecular weight is 376 g/mol. The van der Waals surface area contributed by atoms with E-state index in [9.17, 15) is 19.7 Å². The van der Waals surface area contributed by atoms with Gasteiger partial charge in [-0.05, 0) is 30.3 Å². The number of hydrogen-bond acceptors (Lipinski definition) is 7. The summed E-state index contributed by atoms with van der Waals surface area (Å²) >= 11 is 0.942. The predicted octanol–water partition coefficient (Wildman–Crippen LogP) is 2.53. The molecule has 0 aliphatic heterocycles. The first-order chi connectivity index (χ1) is 12.5. The van der Waals surface area contributed by atoms with Crippen LogP contribution in [-0.2, 0) is 9.59 Å². The van der Waals surface area contributed by atoms with Crippen LogP contribution < -0.4 is 15.5 Å². The minimum Gasteiger partial charge on any atom is -0.497 e. The van der Waals surface area contributed by atoms with E-state index in [1.54, 1.807) is 31.4 Å². The summed E-state index contributed by atoms with van der Waals surface area (Å²) in [5, 5.41) is 16.9. The number of rotatable bonds is 8. The van der Waals surface area contributed by atoms with Crippen molar-refractivity contribution in [2.24, 2.45) is 5.10 Å². The van der Waals surface area contributed by atoms with E-state index < -0.39 is 10.8 Å². The Labute approximate surface area is 152 Å². The van der Waals surface area contributed by atoms with Gasteiger partial charge in [-0.1, -0.05) is 11.3 Å². The highest BCUT2D eigenvalue weighted by molar-refractivity contribution is 7.16. The zero-order valence-corrected chi connectivity index (χ0v) is 14.6. The third kappa shape index (κ3) is 5.98. The van der Waals surface area contributed by atoms with Crippen molar-refractivity contribution in [2.75, 3.05) is 12.4 Å². The molecule has 0 unspecified atom stereocenters. The maximum atomic E-state index is 11.8. The molecular weight excluding hydrogens is 360 g/mol. The van der Waals surface area contributed by atoms with Gasteiger partial charge in [-0.3, -0.25) is 19.7 Å². The number of nitrogens with zero attached hydrogens (tertiary/aromatic N) is 2. The predicted molar refractivity (Wildman–Crippen MR) is 97.6 cm³/mol. The second kappa shape index (κ2) is 9.28. The molecule has 0 fully saturated rings. The zero-order valence-electron chi connectivity index (χ0n) is 13.8. The number of nitro groups is 1. The number of carbonyl (C=O) groups excluding carboxylic acids is 2. The molecule has 0 spiro atoms. The van der Waals surface area contributed by atoms with Gasteiger partial charge in [0.05, 0.1) is 23.1 Å². The standard InChI is InChI=1S/C16H16N4O5S/c1-25-12-4-2-11(3-5-12)18-14(21)7-8-15(22)19-17-10-13-6-9-16(26-13)20(23)24/h2-6,9-10H,7-8H2,1H3,(H,18,21)(H,19,22)/b17-10+. The molecule has 2 rings (SSSR count). The van der Waals surface area contributed by atoms with Crippen molar-refractivity contribution in [3.8, 4) is 5.75 Å². The lowest BCUT2D eigenvalue weighted by Crippen LogP contribution is -2.20. The highest BCUT2D eigenvalue weighted by Crippen LogP contribution is 2.22. The molecule has 0 radical (unpaired) electrons. The van der Waals surface area contributed by atoms with E-state index in [1.807, 2.05) is 0 Å². The summed E-state index contributed by atoms with van der Waals surface area (Å²) in [4.78, 5) is 34.1. The summed E-state index contributed by atoms with van der Waals surface area (Å²) in [5.74, 6) is -0.0586. The average Bonchev–Trinajstić information content (AvgIpc) is 3.10. The number of thiophene rings is 1. The summed E-state index contributed by atoms with van der Waals surface area (Å²) < 4.78 is 5.02. The molecule has 10 heteroatoms. The third-order valence-electron chi connectivity index (χ3n) is 3.13. The number of anilines is 1. The van der Waals surface area contributed by atoms with Gasteiger partial charge in [0.25, 0.3) is 0 Å². The number of carbonyl (C=O) groups is 2. The minimum absolute atomic E-state index is 0.00213. The maximum absolute atomic E-state index is 11.8. The maximum Gasteiger partial charge on any atom is 0.324 e. The SMILES string of the molecule is COc1ccc(NC(=O)CCC(=O)N/N=C/c2ccc([N+](=O)[O-])s2)cc1. The van der Waals surface area contributed by atoms with Crippen LogP contribution in [0.2, 0.25) is 0 Å². The van der Waals surface area contributed by atoms with E-state index in [0.29, 0.717) is 16.3 Å². The van der Waals surface area contributed by atoms with Crippen molar-refractivity contribution in [1.82, 2.24) is 5.43 Å². The van der Waals surface area contributed by atoms with Crippen LogP contribution in [0.4, 0.5) is 10.7 Å². The molecule has 136 valence electrons. The molecule has 0 bridgehead atoms. The molecule has 2 amide bonds. The van der Waals surface area contributed by atoms with Crippen molar-refractivity contribution in [3.63, 3.8) is 0 Å². The molecule has 2 N–H and O–H groups in total. The van der Waals surface area contributed by atoms with E-state index in [1.165, 1.54) is 18.3 Å². The number of amides is 2. The Morgan fingerprint density at radius 1 is 1.19 bits per heavy atom. The summed E-state index contributed by atoms with van der Waals surface area (Å²) in [6.07, 6.45) is 1.27. The summed E-state index contributed by atoms with van der Waals surface area (Å²) in [5.41, 5.74) is 2.88. The molecule has 1 heterocycles. The Bertz CT molecular complexity index is 816. The lowest BCUT2D eigenvalue weighted by Gasteiger charge is -2.06. The van der Waals surface area contributed by atoms with E-state index in [4.69, 9.17) is 4.74 Å². The van der Waals surface area contributed by atoms with Gasteiger partial charge in [0.1, 0.15) is 5.75 Å². The molecular formula is C16H16N4O5S. The van der Waals surface area contributed by atoms with Gasteiger partial charge >= 0.3 is 5.00 Å². The van der Waals surface area contributed by atoms with Crippen molar-refractivity contribution in [2.45, 2.75) is 12.8 Å². The monoisotopic (exact) mass is 376 g/mol. The van der Waals surface area contributed by atoms with Crippen LogP contribution in [0.25, 0.3) is 0 Å². The van der Waals surface area contributed by atoms with E-state index in [2.05, 4.69) is 15.8 Å². The first-order valence-corrected chi connectivity index (χ1v) is 8.29. The number of benzene rings is 1. The van der Waals surface area contributed by atoms with Crippen molar-refractivity contribution >= 4 is 40.1 Å². The Morgan fingerprint density at radius 2 is 1.88 bits per heavy atom. The third-order valence-corrected chi connectivity index (χ3v) is 4.10. The zero-order chi connectivity index (χ0) is 18.9. The Balaban J connectivity index is 1.72. The fraction of sp³-hybridized carbons (Fsp3) is 0.188. The van der Waals surface area contributed by atoms with Crippen molar-refractivity contribution in [1.29, 1.82) is 0 Å². The first-order valence-electron chi connectivity index (χ1n) is 7.48. The molecule has 1 aromatic heterocycles. The number of hydrazone groups is 1. The van der Waals surface area contributed by atoms with Crippen LogP contribution >= 0.6 is 11.3 Å². The molecule has 26 heavy (non-hydrogen) atoms. The highest BCUT2D eigenvalue weighted by Gasteiger charge is 2.09. The lowest BCUT2D eigenvalue weighted by molar-refractivity contribution is -0.380. The van der Waals surface area contributed by atoms with E-state index >= 15 is 0 Å². The molecule has 2 aromatic rings. The van der Waals surface area contributed by atoms with Crippen molar-refractivity contribution < 1.29 is 19.2 Å². The topological polar surface area (TPSA) is 123 Å². The molecule has 0 atom stereocenters. The molecule has 9 nitrogen and oxygen atoms in total. The molecule has 0 aliphatic carbocycles. The Morgan fingerprint density at radius 3 is 2.50 bits per heavy atom. The largest absolute Gasteiger partial charge is 0.497 e. The minimum atomic E-state index is -0.498. The van der Waals surface area contributed by atoms with Gasteiger partial charge in [0.15, 0.2) is 0 Å². The summed E-state index contributed by atoms with van der Waals surface area (Å²) in [6.45, 7) is 0. The molecule has 0 saturated heterocycles. The smallest absolute Gasteiger partial charge is 0.324 e. The lowest BCUT2D eigenvalue weighted by atomic mass is 10.2. The number of hydrogen-bond donors (Lipinski definition) is 2. The quantitative estimate of drug-likeness (QED) is 0.416. The normalized spacial score (nSPS) is 10.5. The van der Waals surface area contributed by atoms with Gasteiger partial charge in [-0.25, -0.2) is 5.43 Å². The fourth-order valence-electron chi connectivity index (χ4n) is 1.86. The van der Waals surface area contributed by atoms with Crippen LogP contribution in [0, 0.1) is 10.1 Å². The molecule has 0 aliphatic rings. The van der Waals surface area contributed by atoms with Crippen LogP contribution in [0.1, 0.15) is 17.7 Å². The van der Waals surface area contributed by atoms with Crippen LogP contribution in [0.5, 0.6) is 5.75 Å². The Kier molecular flexibility index (Phi) is 6.80. The first kappa shape index (κ1) is 19.1. The molecule has 1 aromatic carbocycles. The Hall–Kier alpha value is -3.27. The van der Waals surface area contributed by atoms with E-state index in [-0.39, 0.29) is 23.7 Å². The highest BCUT2D eigenvalue weighted by atomic mass is 32.1. The number of nitrogens with one attached hydrogen (secondary N) is 2. The van der Waals surface area contributed by atoms with Crippen LogP contribution in [0.3, 0.4) is 0 Å². The van der Waals surface area contributed by atoms with Crippen LogP contribution in [-0.4, -0.2) is 30.1 Å². The summed E-state index contributed by atoms with van der Waals surface area (Å²) in [7, 11) is 1.55. The second-order valence-corrected chi connectivity index (χ2v) is 6.10. The van der Waals surface area contributed by atoms with Gasteiger partial charge < -0.3 is 10.1 Å².